The number of aryl methyl sites for hydroxylation is 2. The average molecular weight is 324 g/mol. The van der Waals surface area contributed by atoms with E-state index in [0.717, 1.165) is 19.5 Å². The van der Waals surface area contributed by atoms with Gasteiger partial charge < -0.3 is 15.0 Å². The summed E-state index contributed by atoms with van der Waals surface area (Å²) in [6.07, 6.45) is 0.776. The minimum atomic E-state index is -0.429. The molecule has 22 heavy (non-hydrogen) atoms. The van der Waals surface area contributed by atoms with Gasteiger partial charge in [-0.2, -0.15) is 0 Å². The zero-order valence-corrected chi connectivity index (χ0v) is 15.3. The number of nitrogens with zero attached hydrogens (tertiary/aromatic N) is 1. The number of carbonyl (C=O) groups excluding carboxylic acids is 1. The minimum Gasteiger partial charge on any atom is -0.444 e. The second-order valence-electron chi connectivity index (χ2n) is 7.17. The molecule has 2 atom stereocenters. The smallest absolute Gasteiger partial charge is 0.410 e. The van der Waals surface area contributed by atoms with E-state index >= 15 is 0 Å². The molecule has 4 nitrogen and oxygen atoms in total. The second kappa shape index (κ2) is 6.59. The Morgan fingerprint density at radius 2 is 2.14 bits per heavy atom. The largest absolute Gasteiger partial charge is 0.444 e. The van der Waals surface area contributed by atoms with E-state index in [0.29, 0.717) is 12.1 Å². The molecular formula is C17H28N2O2S. The maximum absolute atomic E-state index is 12.1. The standard InChI is InChI=1S/C17H28N2O2S/c1-11-9-15(13(3)22-11)12(2)18-14-7-8-19(10-14)16(20)21-17(4,5)6/h9,12,14,18H,7-8,10H2,1-6H3. The van der Waals surface area contributed by atoms with E-state index in [4.69, 9.17) is 4.74 Å². The van der Waals surface area contributed by atoms with Crippen molar-refractivity contribution in [3.05, 3.63) is 21.4 Å². The predicted octanol–water partition coefficient (Wildman–Crippen LogP) is 4.02. The van der Waals surface area contributed by atoms with Crippen molar-refractivity contribution in [1.29, 1.82) is 0 Å². The molecule has 0 bridgehead atoms. The summed E-state index contributed by atoms with van der Waals surface area (Å²) in [6, 6.07) is 2.91. The first kappa shape index (κ1) is 17.3. The van der Waals surface area contributed by atoms with Crippen LogP contribution in [0.25, 0.3) is 0 Å². The molecule has 0 aromatic carbocycles. The monoisotopic (exact) mass is 324 g/mol. The van der Waals surface area contributed by atoms with Gasteiger partial charge in [0.2, 0.25) is 0 Å². The maximum atomic E-state index is 12.1. The summed E-state index contributed by atoms with van der Waals surface area (Å²) in [7, 11) is 0. The van der Waals surface area contributed by atoms with Crippen LogP contribution < -0.4 is 5.32 Å². The lowest BCUT2D eigenvalue weighted by atomic mass is 10.1. The Morgan fingerprint density at radius 1 is 1.45 bits per heavy atom. The van der Waals surface area contributed by atoms with Crippen LogP contribution in [0.15, 0.2) is 6.07 Å². The van der Waals surface area contributed by atoms with Crippen molar-refractivity contribution in [2.45, 2.75) is 65.6 Å². The normalized spacial score (nSPS) is 20.3. The van der Waals surface area contributed by atoms with Crippen LogP contribution in [0, 0.1) is 13.8 Å². The molecule has 2 heterocycles. The zero-order valence-electron chi connectivity index (χ0n) is 14.5. The van der Waals surface area contributed by atoms with Crippen LogP contribution in [-0.4, -0.2) is 35.7 Å². The first-order valence-electron chi connectivity index (χ1n) is 7.96. The predicted molar refractivity (Wildman–Crippen MR) is 91.6 cm³/mol. The van der Waals surface area contributed by atoms with Crippen molar-refractivity contribution in [2.24, 2.45) is 0 Å². The third-order valence-electron chi connectivity index (χ3n) is 3.87. The van der Waals surface area contributed by atoms with Crippen molar-refractivity contribution in [3.63, 3.8) is 0 Å². The molecule has 2 unspecified atom stereocenters. The van der Waals surface area contributed by atoms with Crippen LogP contribution in [0.2, 0.25) is 0 Å². The van der Waals surface area contributed by atoms with Crippen LogP contribution in [0.1, 0.15) is 55.5 Å². The fourth-order valence-electron chi connectivity index (χ4n) is 2.91. The van der Waals surface area contributed by atoms with Crippen molar-refractivity contribution < 1.29 is 9.53 Å². The third kappa shape index (κ3) is 4.46. The number of hydrogen-bond donors (Lipinski definition) is 1. The van der Waals surface area contributed by atoms with Crippen LogP contribution in [0.3, 0.4) is 0 Å². The van der Waals surface area contributed by atoms with E-state index in [-0.39, 0.29) is 6.09 Å². The molecule has 1 aliphatic rings. The quantitative estimate of drug-likeness (QED) is 0.913. The lowest BCUT2D eigenvalue weighted by Gasteiger charge is -2.25. The number of ether oxygens (including phenoxy) is 1. The molecule has 1 N–H and O–H groups in total. The van der Waals surface area contributed by atoms with Gasteiger partial charge in [-0.25, -0.2) is 4.79 Å². The minimum absolute atomic E-state index is 0.202. The topological polar surface area (TPSA) is 41.6 Å². The third-order valence-corrected chi connectivity index (χ3v) is 4.85. The lowest BCUT2D eigenvalue weighted by Crippen LogP contribution is -2.39. The molecule has 1 fully saturated rings. The van der Waals surface area contributed by atoms with Gasteiger partial charge in [0.15, 0.2) is 0 Å². The van der Waals surface area contributed by atoms with Crippen molar-refractivity contribution in [2.75, 3.05) is 13.1 Å². The van der Waals surface area contributed by atoms with E-state index in [2.05, 4.69) is 32.2 Å². The van der Waals surface area contributed by atoms with Crippen molar-refractivity contribution in [1.82, 2.24) is 10.2 Å². The Morgan fingerprint density at radius 3 is 2.68 bits per heavy atom. The zero-order chi connectivity index (χ0) is 16.5. The summed E-state index contributed by atoms with van der Waals surface area (Å²) in [5.41, 5.74) is 0.944. The fraction of sp³-hybridized carbons (Fsp3) is 0.706. The van der Waals surface area contributed by atoms with Gasteiger partial charge in [0, 0.05) is 34.9 Å². The van der Waals surface area contributed by atoms with Crippen molar-refractivity contribution >= 4 is 17.4 Å². The number of hydrogen-bond acceptors (Lipinski definition) is 4. The van der Waals surface area contributed by atoms with Gasteiger partial charge in [-0.05, 0) is 59.6 Å². The molecule has 0 aliphatic carbocycles. The molecule has 1 aromatic rings. The SMILES string of the molecule is Cc1cc(C(C)NC2CCN(C(=O)OC(C)(C)C)C2)c(C)s1. The average Bonchev–Trinajstić information content (AvgIpc) is 2.94. The number of likely N-dealkylation sites (tertiary alicyclic amines) is 1. The molecule has 0 saturated carbocycles. The number of thiophene rings is 1. The summed E-state index contributed by atoms with van der Waals surface area (Å²) >= 11 is 1.84. The number of nitrogens with one attached hydrogen (secondary N) is 1. The highest BCUT2D eigenvalue weighted by atomic mass is 32.1. The Balaban J connectivity index is 1.88. The Labute approximate surface area is 137 Å². The Hall–Kier alpha value is -1.07. The summed E-state index contributed by atoms with van der Waals surface area (Å²) in [5, 5.41) is 3.65. The Kier molecular flexibility index (Phi) is 5.17. The summed E-state index contributed by atoms with van der Waals surface area (Å²) in [6.45, 7) is 13.7. The maximum Gasteiger partial charge on any atom is 0.410 e. The number of amides is 1. The van der Waals surface area contributed by atoms with E-state index in [1.54, 1.807) is 4.90 Å². The summed E-state index contributed by atoms with van der Waals surface area (Å²) in [5.74, 6) is 0. The van der Waals surface area contributed by atoms with Crippen LogP contribution in [0.5, 0.6) is 0 Å². The van der Waals surface area contributed by atoms with Gasteiger partial charge in [-0.15, -0.1) is 11.3 Å². The number of rotatable bonds is 3. The first-order valence-corrected chi connectivity index (χ1v) is 8.78. The van der Waals surface area contributed by atoms with Crippen molar-refractivity contribution in [3.8, 4) is 0 Å². The summed E-state index contributed by atoms with van der Waals surface area (Å²) < 4.78 is 5.44. The van der Waals surface area contributed by atoms with Gasteiger partial charge in [0.05, 0.1) is 0 Å². The molecule has 1 amide bonds. The van der Waals surface area contributed by atoms with Crippen LogP contribution >= 0.6 is 11.3 Å². The van der Waals surface area contributed by atoms with Gasteiger partial charge in [-0.3, -0.25) is 0 Å². The molecule has 0 spiro atoms. The molecule has 2 rings (SSSR count). The molecule has 1 aromatic heterocycles. The highest BCUT2D eigenvalue weighted by molar-refractivity contribution is 7.12. The highest BCUT2D eigenvalue weighted by Gasteiger charge is 2.30. The van der Waals surface area contributed by atoms with Crippen LogP contribution in [0.4, 0.5) is 4.79 Å². The molecule has 0 radical (unpaired) electrons. The van der Waals surface area contributed by atoms with E-state index < -0.39 is 5.60 Å². The van der Waals surface area contributed by atoms with E-state index in [1.807, 2.05) is 32.1 Å². The lowest BCUT2D eigenvalue weighted by molar-refractivity contribution is 0.0290. The molecule has 5 heteroatoms. The van der Waals surface area contributed by atoms with Gasteiger partial charge in [0.25, 0.3) is 0 Å². The van der Waals surface area contributed by atoms with Gasteiger partial charge >= 0.3 is 6.09 Å². The van der Waals surface area contributed by atoms with Crippen LogP contribution in [-0.2, 0) is 4.74 Å². The fourth-order valence-corrected chi connectivity index (χ4v) is 3.93. The van der Waals surface area contributed by atoms with E-state index in [1.165, 1.54) is 15.3 Å². The Bertz CT molecular complexity index is 533. The van der Waals surface area contributed by atoms with Gasteiger partial charge in [0.1, 0.15) is 5.60 Å². The number of carbonyl (C=O) groups is 1. The van der Waals surface area contributed by atoms with E-state index in [9.17, 15) is 4.79 Å². The molecular weight excluding hydrogens is 296 g/mol. The second-order valence-corrected chi connectivity index (χ2v) is 8.63. The molecule has 1 aliphatic heterocycles. The first-order chi connectivity index (χ1) is 10.2. The summed E-state index contributed by atoms with van der Waals surface area (Å²) in [4.78, 5) is 16.6. The highest BCUT2D eigenvalue weighted by Crippen LogP contribution is 2.27. The van der Waals surface area contributed by atoms with Gasteiger partial charge in [-0.1, -0.05) is 0 Å². The molecule has 124 valence electrons. The molecule has 1 saturated heterocycles.